The molecule has 158 valence electrons. The fraction of sp³-hybridized carbons (Fsp3) is 0.217. The lowest BCUT2D eigenvalue weighted by Gasteiger charge is -2.28. The number of ether oxygens (including phenoxy) is 1. The summed E-state index contributed by atoms with van der Waals surface area (Å²) in [7, 11) is 3.09. The predicted octanol–water partition coefficient (Wildman–Crippen LogP) is 3.73. The van der Waals surface area contributed by atoms with E-state index in [9.17, 15) is 14.0 Å². The highest BCUT2D eigenvalue weighted by molar-refractivity contribution is 9.10. The SMILES string of the molecule is Cn1c(=O)c2c(-c3ccccc3Br)n3c(c2n(C)c1=O)C(c1ccccc1F)OCC3. The van der Waals surface area contributed by atoms with Gasteiger partial charge in [0.2, 0.25) is 0 Å². The molecule has 0 saturated carbocycles. The van der Waals surface area contributed by atoms with E-state index in [-0.39, 0.29) is 0 Å². The Labute approximate surface area is 185 Å². The number of rotatable bonds is 2. The van der Waals surface area contributed by atoms with E-state index in [1.54, 1.807) is 25.2 Å². The summed E-state index contributed by atoms with van der Waals surface area (Å²) in [4.78, 5) is 26.1. The van der Waals surface area contributed by atoms with E-state index in [0.717, 1.165) is 14.6 Å². The van der Waals surface area contributed by atoms with E-state index in [1.807, 2.05) is 28.8 Å². The molecular weight excluding hydrogens is 465 g/mol. The molecule has 0 aliphatic carbocycles. The number of aryl methyl sites for hydroxylation is 1. The molecule has 2 aromatic carbocycles. The van der Waals surface area contributed by atoms with Gasteiger partial charge in [-0.3, -0.25) is 13.9 Å². The molecule has 0 N–H and O–H groups in total. The Kier molecular flexibility index (Phi) is 4.71. The summed E-state index contributed by atoms with van der Waals surface area (Å²) in [5.41, 5.74) is 2.12. The van der Waals surface area contributed by atoms with Crippen molar-refractivity contribution in [3.63, 3.8) is 0 Å². The molecule has 31 heavy (non-hydrogen) atoms. The highest BCUT2D eigenvalue weighted by atomic mass is 79.9. The number of hydrogen-bond acceptors (Lipinski definition) is 3. The van der Waals surface area contributed by atoms with Gasteiger partial charge in [-0.05, 0) is 12.1 Å². The summed E-state index contributed by atoms with van der Waals surface area (Å²) >= 11 is 3.60. The second-order valence-corrected chi connectivity index (χ2v) is 8.42. The molecule has 1 atom stereocenters. The van der Waals surface area contributed by atoms with Crippen molar-refractivity contribution >= 4 is 26.8 Å². The minimum Gasteiger partial charge on any atom is -0.365 e. The summed E-state index contributed by atoms with van der Waals surface area (Å²) < 4.78 is 26.1. The second-order valence-electron chi connectivity index (χ2n) is 7.57. The topological polar surface area (TPSA) is 58.2 Å². The highest BCUT2D eigenvalue weighted by Crippen LogP contribution is 2.42. The third-order valence-electron chi connectivity index (χ3n) is 5.87. The quantitative estimate of drug-likeness (QED) is 0.436. The predicted molar refractivity (Wildman–Crippen MR) is 120 cm³/mol. The van der Waals surface area contributed by atoms with E-state index in [4.69, 9.17) is 4.74 Å². The van der Waals surface area contributed by atoms with Crippen LogP contribution in [0.2, 0.25) is 0 Å². The Morgan fingerprint density at radius 1 is 1.03 bits per heavy atom. The van der Waals surface area contributed by atoms with Crippen LogP contribution in [0, 0.1) is 5.82 Å². The zero-order chi connectivity index (χ0) is 21.9. The van der Waals surface area contributed by atoms with Crippen LogP contribution in [0.1, 0.15) is 17.4 Å². The molecule has 1 unspecified atom stereocenters. The van der Waals surface area contributed by atoms with E-state index in [0.29, 0.717) is 41.0 Å². The first-order valence-corrected chi connectivity index (χ1v) is 10.6. The second kappa shape index (κ2) is 7.32. The molecule has 2 aromatic heterocycles. The first-order chi connectivity index (χ1) is 14.9. The van der Waals surface area contributed by atoms with Gasteiger partial charge in [-0.15, -0.1) is 0 Å². The van der Waals surface area contributed by atoms with Crippen LogP contribution in [0.4, 0.5) is 4.39 Å². The van der Waals surface area contributed by atoms with Gasteiger partial charge in [0.1, 0.15) is 11.9 Å². The molecule has 0 amide bonds. The summed E-state index contributed by atoms with van der Waals surface area (Å²) in [6.07, 6.45) is -0.744. The van der Waals surface area contributed by atoms with Gasteiger partial charge in [-0.25, -0.2) is 9.18 Å². The van der Waals surface area contributed by atoms with Gasteiger partial charge in [-0.2, -0.15) is 0 Å². The van der Waals surface area contributed by atoms with E-state index in [2.05, 4.69) is 15.9 Å². The van der Waals surface area contributed by atoms with Gasteiger partial charge >= 0.3 is 5.69 Å². The summed E-state index contributed by atoms with van der Waals surface area (Å²) in [5.74, 6) is -0.397. The van der Waals surface area contributed by atoms with Crippen molar-refractivity contribution in [2.75, 3.05) is 6.61 Å². The Bertz CT molecular complexity index is 1470. The third-order valence-corrected chi connectivity index (χ3v) is 6.56. The maximum absolute atomic E-state index is 14.8. The molecule has 1 aliphatic heterocycles. The molecule has 4 aromatic rings. The summed E-state index contributed by atoms with van der Waals surface area (Å²) in [6.45, 7) is 0.821. The summed E-state index contributed by atoms with van der Waals surface area (Å²) in [5, 5.41) is 0.415. The lowest BCUT2D eigenvalue weighted by molar-refractivity contribution is 0.0457. The number of benzene rings is 2. The third kappa shape index (κ3) is 2.85. The molecule has 3 heterocycles. The number of halogens is 2. The van der Waals surface area contributed by atoms with Crippen LogP contribution in [0.15, 0.2) is 62.6 Å². The van der Waals surface area contributed by atoms with E-state index < -0.39 is 23.2 Å². The minimum atomic E-state index is -0.744. The lowest BCUT2D eigenvalue weighted by atomic mass is 10.0. The van der Waals surface area contributed by atoms with Crippen LogP contribution in [-0.2, 0) is 25.4 Å². The zero-order valence-corrected chi connectivity index (χ0v) is 18.5. The molecular formula is C23H19BrFN3O3. The van der Waals surface area contributed by atoms with Crippen molar-refractivity contribution in [1.82, 2.24) is 13.7 Å². The fourth-order valence-corrected chi connectivity index (χ4v) is 4.91. The molecule has 6 nitrogen and oxygen atoms in total. The number of nitrogens with zero attached hydrogens (tertiary/aromatic N) is 3. The molecule has 5 rings (SSSR count). The first-order valence-electron chi connectivity index (χ1n) is 9.84. The molecule has 0 bridgehead atoms. The molecule has 8 heteroatoms. The molecule has 0 saturated heterocycles. The van der Waals surface area contributed by atoms with Crippen molar-refractivity contribution in [3.8, 4) is 11.3 Å². The Morgan fingerprint density at radius 3 is 2.48 bits per heavy atom. The fourth-order valence-electron chi connectivity index (χ4n) is 4.44. The largest absolute Gasteiger partial charge is 0.365 e. The van der Waals surface area contributed by atoms with Crippen molar-refractivity contribution in [2.24, 2.45) is 14.1 Å². The highest BCUT2D eigenvalue weighted by Gasteiger charge is 2.34. The molecule has 0 radical (unpaired) electrons. The average Bonchev–Trinajstić information content (AvgIpc) is 3.12. The average molecular weight is 484 g/mol. The molecule has 0 spiro atoms. The van der Waals surface area contributed by atoms with Gasteiger partial charge < -0.3 is 9.30 Å². The minimum absolute atomic E-state index is 0.346. The smallest absolute Gasteiger partial charge is 0.331 e. The van der Waals surface area contributed by atoms with E-state index >= 15 is 0 Å². The van der Waals surface area contributed by atoms with Gasteiger partial charge in [0, 0.05) is 36.2 Å². The molecule has 0 fully saturated rings. The monoisotopic (exact) mass is 483 g/mol. The maximum Gasteiger partial charge on any atom is 0.331 e. The lowest BCUT2D eigenvalue weighted by Crippen LogP contribution is -2.37. The van der Waals surface area contributed by atoms with Crippen molar-refractivity contribution in [1.29, 1.82) is 0 Å². The van der Waals surface area contributed by atoms with Crippen molar-refractivity contribution < 1.29 is 9.13 Å². The summed E-state index contributed by atoms with van der Waals surface area (Å²) in [6, 6.07) is 14.0. The van der Waals surface area contributed by atoms with Gasteiger partial charge in [0.15, 0.2) is 0 Å². The normalized spacial score (nSPS) is 15.9. The van der Waals surface area contributed by atoms with Crippen LogP contribution < -0.4 is 11.2 Å². The molecule has 1 aliphatic rings. The van der Waals surface area contributed by atoms with Crippen molar-refractivity contribution in [2.45, 2.75) is 12.6 Å². The van der Waals surface area contributed by atoms with Gasteiger partial charge in [-0.1, -0.05) is 52.3 Å². The van der Waals surface area contributed by atoms with Crippen LogP contribution >= 0.6 is 15.9 Å². The van der Waals surface area contributed by atoms with Crippen molar-refractivity contribution in [3.05, 3.63) is 90.9 Å². The van der Waals surface area contributed by atoms with Crippen LogP contribution in [0.3, 0.4) is 0 Å². The Morgan fingerprint density at radius 2 is 1.74 bits per heavy atom. The van der Waals surface area contributed by atoms with Crippen LogP contribution in [0.5, 0.6) is 0 Å². The van der Waals surface area contributed by atoms with Crippen LogP contribution in [0.25, 0.3) is 22.2 Å². The number of aromatic nitrogens is 3. The Balaban J connectivity index is 1.99. The van der Waals surface area contributed by atoms with Gasteiger partial charge in [0.25, 0.3) is 5.56 Å². The Hall–Kier alpha value is -2.97. The first kappa shape index (κ1) is 20.0. The number of hydrogen-bond donors (Lipinski definition) is 0. The van der Waals surface area contributed by atoms with Gasteiger partial charge in [0.05, 0.1) is 28.9 Å². The number of fused-ring (bicyclic) bond motifs is 3. The van der Waals surface area contributed by atoms with Crippen LogP contribution in [-0.4, -0.2) is 20.3 Å². The zero-order valence-electron chi connectivity index (χ0n) is 16.9. The van der Waals surface area contributed by atoms with E-state index in [1.165, 1.54) is 17.7 Å². The maximum atomic E-state index is 14.8. The standard InChI is InChI=1S/C23H19BrFN3O3/c1-26-19-17(22(29)27(2)23(26)30)18(13-7-3-5-9-15(13)24)28-11-12-31-21(20(19)28)14-8-4-6-10-16(14)25/h3-10,21H,11-12H2,1-2H3.